The van der Waals surface area contributed by atoms with Gasteiger partial charge in [0.05, 0.1) is 9.59 Å². The monoisotopic (exact) mass is 258 g/mol. The van der Waals surface area contributed by atoms with Crippen LogP contribution in [0.15, 0.2) is 24.3 Å². The molecule has 0 aliphatic rings. The molecule has 0 aromatic heterocycles. The number of hydroxylamine groups is 2. The highest BCUT2D eigenvalue weighted by Gasteiger charge is 2.18. The SMILES string of the molecule is CC(C)[NH2+]OC(=[O+])/C=C\C=C/C(=[O+])O[NH2+]C(C)C. The Bertz CT molecular complexity index is 290. The summed E-state index contributed by atoms with van der Waals surface area (Å²) in [6.45, 7) is 7.60. The maximum atomic E-state index is 11.1. The molecule has 0 atom stereocenters. The third kappa shape index (κ3) is 10.8. The number of carbonyl (C=O) groups is 2. The van der Waals surface area contributed by atoms with Gasteiger partial charge in [-0.3, -0.25) is 0 Å². The van der Waals surface area contributed by atoms with Crippen LogP contribution in [0.4, 0.5) is 0 Å². The summed E-state index contributed by atoms with van der Waals surface area (Å²) in [5.74, 6) is -0.953. The normalized spacial score (nSPS) is 11.7. The number of rotatable bonds is 7. The molecule has 0 rings (SSSR count). The van der Waals surface area contributed by atoms with Crippen LogP contribution in [0.3, 0.4) is 0 Å². The second kappa shape index (κ2) is 9.38. The van der Waals surface area contributed by atoms with Crippen molar-refractivity contribution in [2.75, 3.05) is 0 Å². The molecule has 0 aromatic rings. The Balaban J connectivity index is 3.85. The summed E-state index contributed by atoms with van der Waals surface area (Å²) in [6.07, 6.45) is 5.31. The predicted octanol–water partition coefficient (Wildman–Crippen LogP) is -1.04. The molecule has 0 saturated carbocycles. The van der Waals surface area contributed by atoms with E-state index in [1.165, 1.54) is 35.3 Å². The Morgan fingerprint density at radius 3 is 1.44 bits per heavy atom. The van der Waals surface area contributed by atoms with Gasteiger partial charge in [-0.15, -0.1) is 0 Å². The third-order valence-corrected chi connectivity index (χ3v) is 1.49. The predicted molar refractivity (Wildman–Crippen MR) is 64.6 cm³/mol. The van der Waals surface area contributed by atoms with Crippen molar-refractivity contribution < 1.29 is 30.2 Å². The molecular formula is C12H22N2O4+4. The topological polar surface area (TPSA) is 91.5 Å². The zero-order valence-electron chi connectivity index (χ0n) is 11.3. The van der Waals surface area contributed by atoms with Crippen LogP contribution in [0.2, 0.25) is 0 Å². The molecule has 0 saturated heterocycles. The zero-order chi connectivity index (χ0) is 14.0. The van der Waals surface area contributed by atoms with Crippen LogP contribution in [0, 0.1) is 0 Å². The number of nitrogens with two attached hydrogens (primary N) is 2. The van der Waals surface area contributed by atoms with Crippen molar-refractivity contribution in [3.8, 4) is 0 Å². The number of hydrogen-bond donors (Lipinski definition) is 2. The van der Waals surface area contributed by atoms with E-state index < -0.39 is 11.9 Å². The summed E-state index contributed by atoms with van der Waals surface area (Å²) in [7, 11) is 0. The first-order valence-electron chi connectivity index (χ1n) is 5.84. The summed E-state index contributed by atoms with van der Waals surface area (Å²) in [5, 5.41) is 0. The first-order valence-corrected chi connectivity index (χ1v) is 5.84. The molecule has 0 spiro atoms. The lowest BCUT2D eigenvalue weighted by Gasteiger charge is -1.91. The average Bonchev–Trinajstić information content (AvgIpc) is 2.29. The van der Waals surface area contributed by atoms with Gasteiger partial charge in [0.25, 0.3) is 0 Å². The van der Waals surface area contributed by atoms with E-state index in [0.29, 0.717) is 0 Å². The van der Waals surface area contributed by atoms with Crippen LogP contribution < -0.4 is 11.0 Å². The fourth-order valence-electron chi connectivity index (χ4n) is 0.753. The first kappa shape index (κ1) is 16.3. The van der Waals surface area contributed by atoms with Gasteiger partial charge in [-0.25, -0.2) is 0 Å². The fraction of sp³-hybridized carbons (Fsp3) is 0.500. The molecule has 0 aliphatic heterocycles. The third-order valence-electron chi connectivity index (χ3n) is 1.49. The van der Waals surface area contributed by atoms with Crippen molar-refractivity contribution in [3.05, 3.63) is 24.3 Å². The minimum atomic E-state index is -0.476. The molecule has 0 unspecified atom stereocenters. The van der Waals surface area contributed by atoms with Crippen LogP contribution in [0.1, 0.15) is 27.7 Å². The van der Waals surface area contributed by atoms with Crippen molar-refractivity contribution in [2.45, 2.75) is 39.8 Å². The van der Waals surface area contributed by atoms with E-state index in [9.17, 15) is 9.59 Å². The molecule has 6 heteroatoms. The smallest absolute Gasteiger partial charge is 0.0844 e. The highest BCUT2D eigenvalue weighted by Crippen LogP contribution is 1.81. The van der Waals surface area contributed by atoms with Crippen LogP contribution in [0.25, 0.3) is 0 Å². The number of allylic oxidation sites excluding steroid dienone is 2. The Labute approximate surface area is 107 Å². The molecule has 0 fully saturated rings. The molecule has 0 bridgehead atoms. The zero-order valence-corrected chi connectivity index (χ0v) is 11.3. The van der Waals surface area contributed by atoms with Gasteiger partial charge in [0.2, 0.25) is 0 Å². The molecule has 0 heterocycles. The van der Waals surface area contributed by atoms with Gasteiger partial charge in [-0.2, -0.15) is 0 Å². The van der Waals surface area contributed by atoms with Gasteiger partial charge < -0.3 is 0 Å². The highest BCUT2D eigenvalue weighted by atomic mass is 16.7. The number of quaternary nitrogens is 2. The minimum Gasteiger partial charge on any atom is -0.0844 e. The second-order valence-corrected chi connectivity index (χ2v) is 4.35. The van der Waals surface area contributed by atoms with Crippen molar-refractivity contribution in [1.82, 2.24) is 0 Å². The molecule has 6 nitrogen and oxygen atoms in total. The van der Waals surface area contributed by atoms with E-state index >= 15 is 0 Å². The van der Waals surface area contributed by atoms with E-state index in [2.05, 4.69) is 0 Å². The second-order valence-electron chi connectivity index (χ2n) is 4.35. The van der Waals surface area contributed by atoms with E-state index in [4.69, 9.17) is 9.68 Å². The summed E-state index contributed by atoms with van der Waals surface area (Å²) in [4.78, 5) is 31.8. The molecule has 0 aliphatic carbocycles. The maximum absolute atomic E-state index is 11.1. The number of hydrogen-bond acceptors (Lipinski definition) is 4. The lowest BCUT2D eigenvalue weighted by molar-refractivity contribution is -0.891. The first-order chi connectivity index (χ1) is 8.41. The van der Waals surface area contributed by atoms with Gasteiger partial charge in [-0.05, 0) is 39.8 Å². The van der Waals surface area contributed by atoms with Crippen molar-refractivity contribution in [2.24, 2.45) is 0 Å². The van der Waals surface area contributed by atoms with Crippen LogP contribution in [-0.2, 0) is 19.3 Å². The fourth-order valence-corrected chi connectivity index (χ4v) is 0.753. The maximum Gasteiger partial charge on any atom is 0.662 e. The molecule has 0 aromatic carbocycles. The Hall–Kier alpha value is -1.66. The van der Waals surface area contributed by atoms with Crippen molar-refractivity contribution >= 4 is 11.9 Å². The summed E-state index contributed by atoms with van der Waals surface area (Å²) in [5.41, 5.74) is 2.89. The minimum absolute atomic E-state index is 0.180. The van der Waals surface area contributed by atoms with Gasteiger partial charge in [0.15, 0.2) is 0 Å². The van der Waals surface area contributed by atoms with Gasteiger partial charge in [0.1, 0.15) is 24.2 Å². The van der Waals surface area contributed by atoms with Crippen LogP contribution >= 0.6 is 0 Å². The number of carbonyl (C=O) groups excluding carboxylic acids is 2. The molecule has 100 valence electrons. The quantitative estimate of drug-likeness (QED) is 0.264. The van der Waals surface area contributed by atoms with E-state index in [1.807, 2.05) is 27.7 Å². The van der Waals surface area contributed by atoms with Crippen LogP contribution in [0.5, 0.6) is 0 Å². The van der Waals surface area contributed by atoms with Crippen molar-refractivity contribution in [1.29, 1.82) is 0 Å². The van der Waals surface area contributed by atoms with Gasteiger partial charge >= 0.3 is 11.9 Å². The van der Waals surface area contributed by atoms with E-state index in [1.54, 1.807) is 0 Å². The van der Waals surface area contributed by atoms with Crippen molar-refractivity contribution in [3.63, 3.8) is 0 Å². The standard InChI is InChI=1S/C12H20N2O4/c1-9(2)13-17-11(15)7-5-6-8-12(16)18-14-10(3)4/h5-10,13-14H,1-4H3/q+2/p+2/b7-5-,8-6-. The summed E-state index contributed by atoms with van der Waals surface area (Å²) >= 11 is 0. The molecular weight excluding hydrogens is 236 g/mol. The Kier molecular flexibility index (Phi) is 8.51. The molecule has 18 heavy (non-hydrogen) atoms. The van der Waals surface area contributed by atoms with E-state index in [0.717, 1.165) is 0 Å². The largest absolute Gasteiger partial charge is 0.662 e. The van der Waals surface area contributed by atoms with Crippen LogP contribution in [-0.4, -0.2) is 24.0 Å². The lowest BCUT2D eigenvalue weighted by atomic mass is 10.4. The lowest BCUT2D eigenvalue weighted by Crippen LogP contribution is -2.88. The highest BCUT2D eigenvalue weighted by molar-refractivity contribution is 5.83. The van der Waals surface area contributed by atoms with Gasteiger partial charge in [-0.1, -0.05) is 20.6 Å². The summed E-state index contributed by atoms with van der Waals surface area (Å²) in [6, 6.07) is 0.360. The molecule has 4 N–H and O–H groups in total. The molecule has 2 radical (unpaired) electrons. The summed E-state index contributed by atoms with van der Waals surface area (Å²) < 4.78 is 0. The van der Waals surface area contributed by atoms with Gasteiger partial charge in [0, 0.05) is 0 Å². The van der Waals surface area contributed by atoms with E-state index in [-0.39, 0.29) is 12.1 Å². The average molecular weight is 258 g/mol. The molecule has 0 amide bonds. The Morgan fingerprint density at radius 1 is 0.833 bits per heavy atom. The Morgan fingerprint density at radius 2 is 1.17 bits per heavy atom.